The first-order chi connectivity index (χ1) is 16.4. The largest absolute Gasteiger partial charge is 0.370 e. The molecule has 1 saturated carbocycles. The summed E-state index contributed by atoms with van der Waals surface area (Å²) in [4.78, 5) is 38.0. The van der Waals surface area contributed by atoms with E-state index in [1.165, 1.54) is 37.7 Å². The lowest BCUT2D eigenvalue weighted by Gasteiger charge is -2.26. The van der Waals surface area contributed by atoms with Gasteiger partial charge in [-0.2, -0.15) is 0 Å². The number of carbonyl (C=O) groups is 3. The van der Waals surface area contributed by atoms with Gasteiger partial charge in [0.25, 0.3) is 5.91 Å². The number of morpholine rings is 1. The first kappa shape index (κ1) is 25.0. The minimum absolute atomic E-state index is 0.0712. The molecule has 0 bridgehead atoms. The molecule has 1 saturated heterocycles. The van der Waals surface area contributed by atoms with Crippen LogP contribution in [-0.2, 0) is 9.53 Å². The van der Waals surface area contributed by atoms with E-state index in [4.69, 9.17) is 16.2 Å². The Morgan fingerprint density at radius 3 is 2.06 bits per heavy atom. The number of hydrogen-bond acceptors (Lipinski definition) is 4. The van der Waals surface area contributed by atoms with Crippen LogP contribution >= 0.6 is 0 Å². The molecule has 2 fully saturated rings. The lowest BCUT2D eigenvalue weighted by Crippen LogP contribution is -2.41. The number of aryl methyl sites for hydroxylation is 1. The van der Waals surface area contributed by atoms with Gasteiger partial charge < -0.3 is 26.1 Å². The minimum Gasteiger partial charge on any atom is -0.370 e. The highest BCUT2D eigenvalue weighted by Gasteiger charge is 2.20. The Kier molecular flexibility index (Phi) is 8.81. The van der Waals surface area contributed by atoms with Crippen LogP contribution in [0.3, 0.4) is 0 Å². The molecule has 0 unspecified atom stereocenters. The molecule has 2 heterocycles. The number of nitrogens with one attached hydrogen (secondary N) is 1. The Hall–Kier alpha value is -3.65. The average molecular weight is 465 g/mol. The Balaban J connectivity index is 0.000000161. The number of benzene rings is 2. The van der Waals surface area contributed by atoms with E-state index in [0.717, 1.165) is 16.6 Å². The lowest BCUT2D eigenvalue weighted by molar-refractivity contribution is -0.125. The van der Waals surface area contributed by atoms with Crippen molar-refractivity contribution in [3.63, 3.8) is 0 Å². The molecule has 34 heavy (non-hydrogen) atoms. The highest BCUT2D eigenvalue weighted by molar-refractivity contribution is 5.98. The van der Waals surface area contributed by atoms with E-state index in [1.807, 2.05) is 19.2 Å². The van der Waals surface area contributed by atoms with E-state index in [2.05, 4.69) is 4.98 Å². The van der Waals surface area contributed by atoms with Crippen molar-refractivity contribution >= 4 is 34.3 Å². The van der Waals surface area contributed by atoms with Crippen LogP contribution in [0.25, 0.3) is 10.9 Å². The number of fused-ring (bicyclic) bond motifs is 1. The van der Waals surface area contributed by atoms with Crippen LogP contribution in [0.4, 0.5) is 5.69 Å². The van der Waals surface area contributed by atoms with E-state index in [-0.39, 0.29) is 12.5 Å². The number of hydrogen-bond donors (Lipinski definition) is 3. The fraction of sp³-hybridized carbons (Fsp3) is 0.346. The van der Waals surface area contributed by atoms with E-state index < -0.39 is 11.8 Å². The van der Waals surface area contributed by atoms with Crippen molar-refractivity contribution in [3.8, 4) is 0 Å². The second-order valence-corrected chi connectivity index (χ2v) is 8.37. The summed E-state index contributed by atoms with van der Waals surface area (Å²) < 4.78 is 5.03. The van der Waals surface area contributed by atoms with Crippen molar-refractivity contribution in [3.05, 3.63) is 65.4 Å². The Morgan fingerprint density at radius 1 is 0.912 bits per heavy atom. The number of anilines is 1. The topological polar surface area (TPSA) is 132 Å². The number of carbonyl (C=O) groups excluding carboxylic acids is 3. The highest BCUT2D eigenvalue weighted by Crippen LogP contribution is 2.19. The zero-order valence-electron chi connectivity index (χ0n) is 19.5. The van der Waals surface area contributed by atoms with Crippen molar-refractivity contribution in [2.45, 2.75) is 39.0 Å². The number of aromatic nitrogens is 1. The maximum atomic E-state index is 11.5. The zero-order valence-corrected chi connectivity index (χ0v) is 19.5. The van der Waals surface area contributed by atoms with E-state index >= 15 is 0 Å². The van der Waals surface area contributed by atoms with E-state index in [0.29, 0.717) is 24.3 Å². The predicted octanol–water partition coefficient (Wildman–Crippen LogP) is 3.67. The second kappa shape index (κ2) is 12.0. The summed E-state index contributed by atoms with van der Waals surface area (Å²) in [5.74, 6) is -0.938. The first-order valence-electron chi connectivity index (χ1n) is 11.5. The number of amides is 3. The Labute approximate surface area is 199 Å². The van der Waals surface area contributed by atoms with Gasteiger partial charge in [0.2, 0.25) is 11.8 Å². The highest BCUT2D eigenvalue weighted by atomic mass is 16.5. The van der Waals surface area contributed by atoms with Gasteiger partial charge in [-0.3, -0.25) is 14.4 Å². The number of nitrogens with zero attached hydrogens (tertiary/aromatic N) is 1. The molecule has 2 aliphatic rings. The molecule has 8 heteroatoms. The summed E-state index contributed by atoms with van der Waals surface area (Å²) in [6, 6.07) is 12.1. The van der Waals surface area contributed by atoms with Gasteiger partial charge in [-0.1, -0.05) is 38.2 Å². The molecule has 0 spiro atoms. The van der Waals surface area contributed by atoms with Crippen LogP contribution in [0, 0.1) is 6.92 Å². The summed E-state index contributed by atoms with van der Waals surface area (Å²) in [5, 5.41) is 1.13. The van der Waals surface area contributed by atoms with E-state index in [9.17, 15) is 14.4 Å². The van der Waals surface area contributed by atoms with Gasteiger partial charge in [0.1, 0.15) is 6.61 Å². The smallest absolute Gasteiger partial charge is 0.253 e. The van der Waals surface area contributed by atoms with Crippen LogP contribution in [0.15, 0.2) is 48.7 Å². The molecule has 3 aromatic rings. The molecule has 1 aliphatic heterocycles. The van der Waals surface area contributed by atoms with E-state index in [1.54, 1.807) is 41.3 Å². The summed E-state index contributed by atoms with van der Waals surface area (Å²) in [5.41, 5.74) is 14.1. The monoisotopic (exact) mass is 464 g/mol. The van der Waals surface area contributed by atoms with Gasteiger partial charge in [0.05, 0.1) is 6.61 Å². The summed E-state index contributed by atoms with van der Waals surface area (Å²) in [6.45, 7) is 3.19. The maximum absolute atomic E-state index is 11.5. The Morgan fingerprint density at radius 2 is 1.50 bits per heavy atom. The number of rotatable bonds is 3. The molecule has 1 aromatic heterocycles. The third kappa shape index (κ3) is 6.68. The third-order valence-electron chi connectivity index (χ3n) is 5.87. The molecule has 3 amide bonds. The Bertz CT molecular complexity index is 1130. The van der Waals surface area contributed by atoms with Crippen LogP contribution in [0.2, 0.25) is 0 Å². The summed E-state index contributed by atoms with van der Waals surface area (Å²) in [6.07, 6.45) is 9.41. The maximum Gasteiger partial charge on any atom is 0.253 e. The van der Waals surface area contributed by atoms with Gasteiger partial charge in [0, 0.05) is 40.5 Å². The molecule has 0 radical (unpaired) electrons. The van der Waals surface area contributed by atoms with Crippen LogP contribution in [0.5, 0.6) is 0 Å². The van der Waals surface area contributed by atoms with Gasteiger partial charge in [0.15, 0.2) is 0 Å². The summed E-state index contributed by atoms with van der Waals surface area (Å²) >= 11 is 0. The lowest BCUT2D eigenvalue weighted by atomic mass is 10.1. The third-order valence-corrected chi connectivity index (χ3v) is 5.87. The molecule has 0 atom stereocenters. The van der Waals surface area contributed by atoms with Crippen LogP contribution in [-0.4, -0.2) is 42.5 Å². The molecule has 5 N–H and O–H groups in total. The minimum atomic E-state index is -0.472. The molecule has 1 aliphatic carbocycles. The van der Waals surface area contributed by atoms with Crippen molar-refractivity contribution in [1.29, 1.82) is 0 Å². The molecule has 5 rings (SSSR count). The summed E-state index contributed by atoms with van der Waals surface area (Å²) in [7, 11) is 0. The van der Waals surface area contributed by atoms with Crippen LogP contribution < -0.4 is 16.4 Å². The number of ether oxygens (including phenoxy) is 1. The van der Waals surface area contributed by atoms with Crippen molar-refractivity contribution in [2.24, 2.45) is 11.5 Å². The molecular weight excluding hydrogens is 432 g/mol. The molecular formula is C26H32N4O4. The molecule has 180 valence electrons. The SMILES string of the molecule is C1CCCC1.Cc1c[nH]c2cc(C(N)=O)ccc12.NC(=O)c1ccc(N2CCOCC2=O)cc1. The standard InChI is InChI=1S/C11H12N2O3.C10H10N2O.C5H10/c12-11(15)8-1-3-9(4-2-8)13-5-6-16-7-10(13)14;1-6-5-12-9-4-7(10(11)13)2-3-8(6)9;1-2-4-5-3-1/h1-4H,5-7H2,(H2,12,15);2-5,12H,1H3,(H2,11,13);1-5H2. The molecule has 2 aromatic carbocycles. The fourth-order valence-electron chi connectivity index (χ4n) is 3.91. The fourth-order valence-corrected chi connectivity index (χ4v) is 3.91. The number of nitrogens with two attached hydrogens (primary N) is 2. The predicted molar refractivity (Wildman–Crippen MR) is 133 cm³/mol. The van der Waals surface area contributed by atoms with Crippen LogP contribution in [0.1, 0.15) is 58.4 Å². The zero-order chi connectivity index (χ0) is 24.5. The first-order valence-corrected chi connectivity index (χ1v) is 11.5. The van der Waals surface area contributed by atoms with Crippen molar-refractivity contribution in [1.82, 2.24) is 4.98 Å². The number of primary amides is 2. The number of aromatic amines is 1. The van der Waals surface area contributed by atoms with Crippen molar-refractivity contribution < 1.29 is 19.1 Å². The van der Waals surface area contributed by atoms with Gasteiger partial charge in [-0.05, 0) is 48.9 Å². The normalized spacial score (nSPS) is 15.2. The quantitative estimate of drug-likeness (QED) is 0.545. The van der Waals surface area contributed by atoms with Gasteiger partial charge in [-0.25, -0.2) is 0 Å². The van der Waals surface area contributed by atoms with Crippen molar-refractivity contribution in [2.75, 3.05) is 24.7 Å². The molecule has 8 nitrogen and oxygen atoms in total. The van der Waals surface area contributed by atoms with Gasteiger partial charge in [-0.15, -0.1) is 0 Å². The van der Waals surface area contributed by atoms with Gasteiger partial charge >= 0.3 is 0 Å². The second-order valence-electron chi connectivity index (χ2n) is 8.37. The number of H-pyrrole nitrogens is 1. The average Bonchev–Trinajstić information content (AvgIpc) is 3.54.